The fraction of sp³-hybridized carbons (Fsp3) is 0.571. The second kappa shape index (κ2) is 11.9. The molecule has 0 radical (unpaired) electrons. The van der Waals surface area contributed by atoms with Crippen LogP contribution in [0.3, 0.4) is 0 Å². The van der Waals surface area contributed by atoms with E-state index in [-0.39, 0.29) is 64.0 Å². The molecule has 3 saturated carbocycles. The van der Waals surface area contributed by atoms with Crippen molar-refractivity contribution in [1.82, 2.24) is 10.2 Å². The second-order valence-corrected chi connectivity index (χ2v) is 13.7. The van der Waals surface area contributed by atoms with Crippen LogP contribution < -0.4 is 9.64 Å². The van der Waals surface area contributed by atoms with E-state index in [1.165, 1.54) is 18.2 Å². The van der Waals surface area contributed by atoms with E-state index in [1.54, 1.807) is 4.90 Å². The minimum atomic E-state index is -4.44. The van der Waals surface area contributed by atoms with Crippen LogP contribution in [0.4, 0.5) is 18.9 Å². The molecule has 2 N–H and O–H groups in total. The van der Waals surface area contributed by atoms with E-state index in [4.69, 9.17) is 4.74 Å². The van der Waals surface area contributed by atoms with E-state index >= 15 is 0 Å². The summed E-state index contributed by atoms with van der Waals surface area (Å²) in [5, 5.41) is 26.8. The van der Waals surface area contributed by atoms with Crippen molar-refractivity contribution in [2.45, 2.75) is 86.5 Å². The molecule has 3 aliphatic rings. The van der Waals surface area contributed by atoms with Gasteiger partial charge in [0.15, 0.2) is 0 Å². The van der Waals surface area contributed by atoms with E-state index in [0.717, 1.165) is 24.2 Å². The summed E-state index contributed by atoms with van der Waals surface area (Å²) in [6.45, 7) is 0. The van der Waals surface area contributed by atoms with Gasteiger partial charge in [0, 0.05) is 28.0 Å². The molecule has 0 aliphatic heterocycles. The number of carbonyl (C=O) groups excluding carboxylic acids is 1. The van der Waals surface area contributed by atoms with E-state index in [1.807, 2.05) is 0 Å². The van der Waals surface area contributed by atoms with Gasteiger partial charge in [-0.2, -0.15) is 13.2 Å². The molecule has 1 amide bonds. The minimum absolute atomic E-state index is 0.0708. The van der Waals surface area contributed by atoms with Crippen LogP contribution in [0.1, 0.15) is 78.8 Å². The number of hydrogen-bond acceptors (Lipinski definition) is 7. The van der Waals surface area contributed by atoms with Gasteiger partial charge >= 0.3 is 12.1 Å². The maximum atomic E-state index is 14.0. The third kappa shape index (κ3) is 6.74. The first-order chi connectivity index (χ1) is 19.5. The Morgan fingerprint density at radius 1 is 1.07 bits per heavy atom. The van der Waals surface area contributed by atoms with Crippen LogP contribution in [0, 0.1) is 23.2 Å². The molecule has 0 spiro atoms. The lowest BCUT2D eigenvalue weighted by atomic mass is 9.86. The molecular formula is C28H29F3IN3O5S. The third-order valence-corrected chi connectivity index (χ3v) is 10.3. The number of amides is 1. The first-order valence-electron chi connectivity index (χ1n) is 13.6. The normalized spacial score (nSPS) is 25.5. The number of aromatic hydroxyl groups is 1. The summed E-state index contributed by atoms with van der Waals surface area (Å²) in [6, 6.07) is 4.07. The summed E-state index contributed by atoms with van der Waals surface area (Å²) >= 11 is 3.20. The molecule has 0 unspecified atom stereocenters. The highest BCUT2D eigenvalue weighted by Gasteiger charge is 2.62. The summed E-state index contributed by atoms with van der Waals surface area (Å²) in [5.74, 6) is 3.35. The molecule has 3 fully saturated rings. The first-order valence-corrected chi connectivity index (χ1v) is 15.7. The van der Waals surface area contributed by atoms with Crippen molar-refractivity contribution in [2.24, 2.45) is 11.3 Å². The number of ether oxygens (including phenoxy) is 1. The molecule has 0 aromatic carbocycles. The highest BCUT2D eigenvalue weighted by atomic mass is 127. The number of nitrogens with zero attached hydrogens (tertiary/aromatic N) is 3. The zero-order valence-corrected chi connectivity index (χ0v) is 25.0. The lowest BCUT2D eigenvalue weighted by Crippen LogP contribution is -2.47. The number of rotatable bonds is 6. The Bertz CT molecular complexity index is 1340. The number of carboxylic acids is 1. The van der Waals surface area contributed by atoms with Gasteiger partial charge in [-0.3, -0.25) is 4.79 Å². The van der Waals surface area contributed by atoms with E-state index in [9.17, 15) is 33.0 Å². The molecule has 2 heterocycles. The Hall–Kier alpha value is -2.60. The fourth-order valence-corrected chi connectivity index (χ4v) is 7.08. The predicted molar refractivity (Wildman–Crippen MR) is 153 cm³/mol. The highest BCUT2D eigenvalue weighted by molar-refractivity contribution is 14.1. The quantitative estimate of drug-likeness (QED) is 0.205. The molecular weight excluding hydrogens is 674 g/mol. The molecule has 0 bridgehead atoms. The van der Waals surface area contributed by atoms with Crippen LogP contribution in [-0.2, 0) is 4.79 Å². The van der Waals surface area contributed by atoms with E-state index < -0.39 is 17.6 Å². The third-order valence-electron chi connectivity index (χ3n) is 8.05. The average Bonchev–Trinajstić information content (AvgIpc) is 3.63. The molecule has 41 heavy (non-hydrogen) atoms. The van der Waals surface area contributed by atoms with Crippen molar-refractivity contribution in [2.75, 3.05) is 4.90 Å². The lowest BCUT2D eigenvalue weighted by molar-refractivity contribution is -0.168. The average molecular weight is 704 g/mol. The Morgan fingerprint density at radius 2 is 1.76 bits per heavy atom. The van der Waals surface area contributed by atoms with Gasteiger partial charge in [-0.15, -0.1) is 21.5 Å². The minimum Gasteiger partial charge on any atom is -0.492 e. The van der Waals surface area contributed by atoms with Crippen molar-refractivity contribution >= 4 is 51.5 Å². The van der Waals surface area contributed by atoms with Gasteiger partial charge < -0.3 is 19.8 Å². The maximum absolute atomic E-state index is 14.0. The zero-order valence-electron chi connectivity index (χ0n) is 22.0. The maximum Gasteiger partial charge on any atom is 0.405 e. The Kier molecular flexibility index (Phi) is 8.71. The zero-order chi connectivity index (χ0) is 29.4. The molecule has 13 heteroatoms. The van der Waals surface area contributed by atoms with Crippen molar-refractivity contribution < 1.29 is 37.7 Å². The van der Waals surface area contributed by atoms with E-state index in [2.05, 4.69) is 44.6 Å². The van der Waals surface area contributed by atoms with Gasteiger partial charge in [0.1, 0.15) is 16.4 Å². The molecule has 3 aliphatic carbocycles. The monoisotopic (exact) mass is 703 g/mol. The van der Waals surface area contributed by atoms with Crippen molar-refractivity contribution in [3.63, 3.8) is 0 Å². The summed E-state index contributed by atoms with van der Waals surface area (Å²) in [4.78, 5) is 28.0. The number of thiophene rings is 1. The predicted octanol–water partition coefficient (Wildman–Crippen LogP) is 6.35. The van der Waals surface area contributed by atoms with Crippen molar-refractivity contribution in [3.8, 4) is 23.6 Å². The molecule has 0 atom stereocenters. The summed E-state index contributed by atoms with van der Waals surface area (Å²) in [5.41, 5.74) is -1.83. The van der Waals surface area contributed by atoms with Gasteiger partial charge in [-0.1, -0.05) is 34.4 Å². The Balaban J connectivity index is 1.41. The molecule has 0 saturated heterocycles. The van der Waals surface area contributed by atoms with Crippen molar-refractivity contribution in [1.29, 1.82) is 0 Å². The second-order valence-electron chi connectivity index (χ2n) is 10.9. The number of carbonyl (C=O) groups is 2. The number of anilines is 1. The summed E-state index contributed by atoms with van der Waals surface area (Å²) < 4.78 is 46.7. The smallest absolute Gasteiger partial charge is 0.405 e. The van der Waals surface area contributed by atoms with Gasteiger partial charge in [0.2, 0.25) is 17.7 Å². The van der Waals surface area contributed by atoms with Gasteiger partial charge in [-0.25, -0.2) is 4.79 Å². The Labute approximate surface area is 252 Å². The number of halogens is 4. The number of carboxylic acid groups (broad SMARTS) is 1. The first kappa shape index (κ1) is 29.9. The molecule has 8 nitrogen and oxygen atoms in total. The fourth-order valence-electron chi connectivity index (χ4n) is 5.52. The van der Waals surface area contributed by atoms with Crippen LogP contribution >= 0.6 is 33.9 Å². The highest BCUT2D eigenvalue weighted by Crippen LogP contribution is 2.57. The molecule has 2 aromatic rings. The largest absolute Gasteiger partial charge is 0.492 e. The van der Waals surface area contributed by atoms with Crippen molar-refractivity contribution in [3.05, 3.63) is 28.0 Å². The summed E-state index contributed by atoms with van der Waals surface area (Å²) in [7, 11) is 0. The van der Waals surface area contributed by atoms with E-state index in [0.29, 0.717) is 42.4 Å². The standard InChI is InChI=1S/C28H29F3IN3O5S/c29-28(30,31)27(13-14-27)12-11-20-15-21(24(41-20)26(38)39)35(25(37)16-1-3-17(32)4-2-16)18-5-7-19(8-6-18)40-23-10-9-22(36)33-34-23/h9-10,15-19H,1-8,13-14H2,(H,33,36)(H,38,39)/t16-,17-,18-,19-. The SMILES string of the molecule is O=C(O)c1sc(C#CC2(C(F)(F)F)CC2)cc1N(C(=O)[C@H]1CC[C@H](I)CC1)[C@H]1CC[C@H](Oc2ccc(O)nn2)CC1. The van der Waals surface area contributed by atoms with Gasteiger partial charge in [0.25, 0.3) is 0 Å². The Morgan fingerprint density at radius 3 is 2.32 bits per heavy atom. The molecule has 2 aromatic heterocycles. The number of aromatic carboxylic acids is 1. The molecule has 5 rings (SSSR count). The van der Waals surface area contributed by atoms with Crippen LogP contribution in [0.2, 0.25) is 0 Å². The number of hydrogen-bond donors (Lipinski definition) is 2. The summed E-state index contributed by atoms with van der Waals surface area (Å²) in [6.07, 6.45) is 0.635. The number of aromatic nitrogens is 2. The van der Waals surface area contributed by atoms with Gasteiger partial charge in [0.05, 0.1) is 10.6 Å². The lowest BCUT2D eigenvalue weighted by Gasteiger charge is -2.39. The van der Waals surface area contributed by atoms with Crippen LogP contribution in [-0.4, -0.2) is 54.5 Å². The van der Waals surface area contributed by atoms with Crippen LogP contribution in [0.25, 0.3) is 0 Å². The van der Waals surface area contributed by atoms with Gasteiger partial charge in [-0.05, 0) is 70.3 Å². The topological polar surface area (TPSA) is 113 Å². The number of alkyl halides is 4. The van der Waals surface area contributed by atoms with Crippen LogP contribution in [0.5, 0.6) is 11.8 Å². The van der Waals surface area contributed by atoms with Crippen LogP contribution in [0.15, 0.2) is 18.2 Å². The molecule has 220 valence electrons.